The molecule has 0 bridgehead atoms. The summed E-state index contributed by atoms with van der Waals surface area (Å²) in [7, 11) is 1.68. The van der Waals surface area contributed by atoms with Crippen LogP contribution in [0.25, 0.3) is 0 Å². The SMILES string of the molecule is COc1ccc2c(c1)Nc1c(N)cccc1C2(C)C. The number of anilines is 3. The molecule has 2 aromatic rings. The van der Waals surface area contributed by atoms with E-state index in [1.165, 1.54) is 11.1 Å². The second kappa shape index (κ2) is 3.92. The predicted octanol–water partition coefficient (Wildman–Crippen LogP) is 3.66. The summed E-state index contributed by atoms with van der Waals surface area (Å²) in [5.41, 5.74) is 11.4. The Balaban J connectivity index is 2.24. The molecule has 0 saturated heterocycles. The van der Waals surface area contributed by atoms with Crippen LogP contribution in [0.4, 0.5) is 17.1 Å². The molecule has 0 amide bonds. The van der Waals surface area contributed by atoms with Crippen molar-refractivity contribution in [1.82, 2.24) is 0 Å². The number of ether oxygens (including phenoxy) is 1. The Hall–Kier alpha value is -2.16. The Morgan fingerprint density at radius 1 is 1.11 bits per heavy atom. The molecule has 1 aliphatic rings. The van der Waals surface area contributed by atoms with Gasteiger partial charge in [0.25, 0.3) is 0 Å². The molecule has 0 radical (unpaired) electrons. The number of fused-ring (bicyclic) bond motifs is 2. The molecule has 0 aliphatic carbocycles. The van der Waals surface area contributed by atoms with Gasteiger partial charge >= 0.3 is 0 Å². The van der Waals surface area contributed by atoms with Crippen molar-refractivity contribution >= 4 is 17.1 Å². The molecule has 2 aromatic carbocycles. The first kappa shape index (κ1) is 11.9. The van der Waals surface area contributed by atoms with Gasteiger partial charge in [-0.3, -0.25) is 0 Å². The van der Waals surface area contributed by atoms with Gasteiger partial charge < -0.3 is 15.8 Å². The maximum atomic E-state index is 6.10. The zero-order valence-electron chi connectivity index (χ0n) is 11.4. The molecule has 3 heteroatoms. The first-order valence-corrected chi connectivity index (χ1v) is 6.38. The van der Waals surface area contributed by atoms with Crippen LogP contribution < -0.4 is 15.8 Å². The Bertz CT molecular complexity index is 647. The molecule has 19 heavy (non-hydrogen) atoms. The molecule has 3 nitrogen and oxygen atoms in total. The van der Waals surface area contributed by atoms with Gasteiger partial charge in [0.15, 0.2) is 0 Å². The van der Waals surface area contributed by atoms with Crippen molar-refractivity contribution < 1.29 is 4.74 Å². The lowest BCUT2D eigenvalue weighted by Gasteiger charge is -2.36. The van der Waals surface area contributed by atoms with Crippen molar-refractivity contribution in [3.05, 3.63) is 47.5 Å². The molecule has 0 aromatic heterocycles. The molecule has 3 rings (SSSR count). The Kier molecular flexibility index (Phi) is 2.45. The number of nitrogens with one attached hydrogen (secondary N) is 1. The number of para-hydroxylation sites is 1. The van der Waals surface area contributed by atoms with Gasteiger partial charge in [-0.25, -0.2) is 0 Å². The number of methoxy groups -OCH3 is 1. The third-order valence-corrected chi connectivity index (χ3v) is 3.93. The highest BCUT2D eigenvalue weighted by Gasteiger charge is 2.33. The van der Waals surface area contributed by atoms with Crippen molar-refractivity contribution in [2.75, 3.05) is 18.2 Å². The number of benzene rings is 2. The van der Waals surface area contributed by atoms with E-state index in [-0.39, 0.29) is 5.41 Å². The number of hydrogen-bond donors (Lipinski definition) is 2. The molecular weight excluding hydrogens is 236 g/mol. The summed E-state index contributed by atoms with van der Waals surface area (Å²) in [6.45, 7) is 4.44. The van der Waals surface area contributed by atoms with Crippen LogP contribution in [0.3, 0.4) is 0 Å². The molecule has 98 valence electrons. The lowest BCUT2D eigenvalue weighted by atomic mass is 9.74. The lowest BCUT2D eigenvalue weighted by Crippen LogP contribution is -2.26. The fourth-order valence-electron chi connectivity index (χ4n) is 2.81. The number of rotatable bonds is 1. The molecule has 0 saturated carbocycles. The summed E-state index contributed by atoms with van der Waals surface area (Å²) < 4.78 is 5.30. The van der Waals surface area contributed by atoms with Crippen molar-refractivity contribution in [2.45, 2.75) is 19.3 Å². The van der Waals surface area contributed by atoms with E-state index in [4.69, 9.17) is 10.5 Å². The molecule has 3 N–H and O–H groups in total. The van der Waals surface area contributed by atoms with E-state index in [2.05, 4.69) is 31.3 Å². The van der Waals surface area contributed by atoms with Crippen LogP contribution in [0.1, 0.15) is 25.0 Å². The summed E-state index contributed by atoms with van der Waals surface area (Å²) in [6.07, 6.45) is 0. The summed E-state index contributed by atoms with van der Waals surface area (Å²) >= 11 is 0. The monoisotopic (exact) mass is 254 g/mol. The number of nitrogen functional groups attached to an aromatic ring is 1. The van der Waals surface area contributed by atoms with E-state index < -0.39 is 0 Å². The van der Waals surface area contributed by atoms with Crippen LogP contribution in [0.5, 0.6) is 5.75 Å². The molecule has 0 spiro atoms. The number of nitrogens with two attached hydrogens (primary N) is 1. The minimum absolute atomic E-state index is 0.0719. The van der Waals surface area contributed by atoms with E-state index >= 15 is 0 Å². The molecule has 1 heterocycles. The Labute approximate surface area is 113 Å². The minimum Gasteiger partial charge on any atom is -0.497 e. The second-order valence-electron chi connectivity index (χ2n) is 5.43. The highest BCUT2D eigenvalue weighted by molar-refractivity contribution is 5.83. The third-order valence-electron chi connectivity index (χ3n) is 3.93. The van der Waals surface area contributed by atoms with Crippen LogP contribution in [0.15, 0.2) is 36.4 Å². The first-order chi connectivity index (χ1) is 9.04. The number of hydrogen-bond acceptors (Lipinski definition) is 3. The quantitative estimate of drug-likeness (QED) is 0.763. The Morgan fingerprint density at radius 3 is 2.63 bits per heavy atom. The minimum atomic E-state index is -0.0719. The first-order valence-electron chi connectivity index (χ1n) is 6.38. The van der Waals surface area contributed by atoms with Crippen LogP contribution in [0.2, 0.25) is 0 Å². The highest BCUT2D eigenvalue weighted by atomic mass is 16.5. The standard InChI is InChI=1S/C16H18N2O/c1-16(2)11-8-7-10(19-3)9-14(11)18-15-12(16)5-4-6-13(15)17/h4-9,18H,17H2,1-3H3. The summed E-state index contributed by atoms with van der Waals surface area (Å²) in [5, 5.41) is 3.43. The zero-order valence-corrected chi connectivity index (χ0v) is 11.4. The van der Waals surface area contributed by atoms with E-state index in [1.54, 1.807) is 7.11 Å². The zero-order chi connectivity index (χ0) is 13.6. The van der Waals surface area contributed by atoms with Gasteiger partial charge in [-0.2, -0.15) is 0 Å². The summed E-state index contributed by atoms with van der Waals surface area (Å²) in [4.78, 5) is 0. The van der Waals surface area contributed by atoms with Gasteiger partial charge in [0, 0.05) is 17.2 Å². The molecule has 1 aliphatic heterocycles. The smallest absolute Gasteiger partial charge is 0.120 e. The van der Waals surface area contributed by atoms with Crippen molar-refractivity contribution in [3.8, 4) is 5.75 Å². The fraction of sp³-hybridized carbons (Fsp3) is 0.250. The fourth-order valence-corrected chi connectivity index (χ4v) is 2.81. The van der Waals surface area contributed by atoms with Gasteiger partial charge in [0.05, 0.1) is 18.5 Å². The van der Waals surface area contributed by atoms with Crippen LogP contribution in [0, 0.1) is 0 Å². The topological polar surface area (TPSA) is 47.3 Å². The summed E-state index contributed by atoms with van der Waals surface area (Å²) in [5.74, 6) is 0.847. The summed E-state index contributed by atoms with van der Waals surface area (Å²) in [6, 6.07) is 12.2. The average Bonchev–Trinajstić information content (AvgIpc) is 2.39. The highest BCUT2D eigenvalue weighted by Crippen LogP contribution is 2.47. The van der Waals surface area contributed by atoms with Gasteiger partial charge in [-0.15, -0.1) is 0 Å². The average molecular weight is 254 g/mol. The largest absolute Gasteiger partial charge is 0.497 e. The lowest BCUT2D eigenvalue weighted by molar-refractivity contribution is 0.414. The van der Waals surface area contributed by atoms with Crippen LogP contribution in [-0.4, -0.2) is 7.11 Å². The van der Waals surface area contributed by atoms with Gasteiger partial charge in [-0.1, -0.05) is 32.0 Å². The van der Waals surface area contributed by atoms with Crippen LogP contribution in [-0.2, 0) is 5.41 Å². The second-order valence-corrected chi connectivity index (χ2v) is 5.43. The van der Waals surface area contributed by atoms with Gasteiger partial charge in [0.1, 0.15) is 5.75 Å². The third kappa shape index (κ3) is 1.65. The van der Waals surface area contributed by atoms with Crippen molar-refractivity contribution in [3.63, 3.8) is 0 Å². The van der Waals surface area contributed by atoms with Crippen LogP contribution >= 0.6 is 0 Å². The van der Waals surface area contributed by atoms with Gasteiger partial charge in [0.2, 0.25) is 0 Å². The van der Waals surface area contributed by atoms with Gasteiger partial charge in [-0.05, 0) is 23.3 Å². The molecular formula is C16H18N2O. The maximum absolute atomic E-state index is 6.10. The van der Waals surface area contributed by atoms with E-state index in [0.29, 0.717) is 0 Å². The molecule has 0 fully saturated rings. The van der Waals surface area contributed by atoms with Crippen molar-refractivity contribution in [2.24, 2.45) is 0 Å². The van der Waals surface area contributed by atoms with E-state index in [1.807, 2.05) is 24.3 Å². The molecule has 0 atom stereocenters. The maximum Gasteiger partial charge on any atom is 0.120 e. The van der Waals surface area contributed by atoms with Crippen molar-refractivity contribution in [1.29, 1.82) is 0 Å². The molecule has 0 unspecified atom stereocenters. The normalized spacial score (nSPS) is 15.1. The predicted molar refractivity (Wildman–Crippen MR) is 79.3 cm³/mol. The van der Waals surface area contributed by atoms with E-state index in [0.717, 1.165) is 22.8 Å². The van der Waals surface area contributed by atoms with E-state index in [9.17, 15) is 0 Å². The Morgan fingerprint density at radius 2 is 1.89 bits per heavy atom.